The number of piperazine rings is 2. The van der Waals surface area contributed by atoms with E-state index >= 15 is 23.6 Å². The van der Waals surface area contributed by atoms with Crippen LogP contribution in [0.3, 0.4) is 0 Å². The predicted octanol–water partition coefficient (Wildman–Crippen LogP) is 2.84. The van der Waals surface area contributed by atoms with Crippen molar-refractivity contribution in [2.24, 2.45) is 0 Å². The minimum atomic E-state index is -2.00. The molecule has 4 bridgehead atoms. The zero-order valence-electron chi connectivity index (χ0n) is 30.4. The number of aliphatic hydroxyl groups is 1. The van der Waals surface area contributed by atoms with Crippen LogP contribution in [0.15, 0.2) is 42.5 Å². The Morgan fingerprint density at radius 3 is 2.12 bits per heavy atom. The predicted molar refractivity (Wildman–Crippen MR) is 205 cm³/mol. The highest BCUT2D eigenvalue weighted by Crippen LogP contribution is 2.79. The monoisotopic (exact) mass is 841 g/mol. The highest BCUT2D eigenvalue weighted by atomic mass is 33.1. The number of hydrogen-bond acceptors (Lipinski definition) is 13. The van der Waals surface area contributed by atoms with E-state index in [1.165, 1.54) is 67.4 Å². The highest BCUT2D eigenvalue weighted by molar-refractivity contribution is 8.78. The molecular weight excluding hydrogens is 806 g/mol. The maximum atomic E-state index is 16.0. The summed E-state index contributed by atoms with van der Waals surface area (Å²) in [5.41, 5.74) is -2.10. The fourth-order valence-corrected chi connectivity index (χ4v) is 19.4. The van der Waals surface area contributed by atoms with Crippen molar-refractivity contribution < 1.29 is 48.1 Å². The lowest BCUT2D eigenvalue weighted by Gasteiger charge is -2.59. The molecule has 2 aromatic rings. The number of likely N-dealkylation sites (N-methyl/N-ethyl adjacent to an activating group) is 2. The third kappa shape index (κ3) is 3.53. The van der Waals surface area contributed by atoms with Crippen LogP contribution in [0.4, 0.5) is 10.1 Å². The average molecular weight is 842 g/mol. The third-order valence-corrected chi connectivity index (χ3v) is 21.4. The average Bonchev–Trinajstić information content (AvgIpc) is 3.84. The number of fused-ring (bicyclic) bond motifs is 11. The van der Waals surface area contributed by atoms with Crippen molar-refractivity contribution in [3.8, 4) is 0 Å². The first-order valence-electron chi connectivity index (χ1n) is 18.4. The molecule has 294 valence electrons. The largest absolute Gasteiger partial charge is 0.481 e. The fourth-order valence-electron chi connectivity index (χ4n) is 11.5. The summed E-state index contributed by atoms with van der Waals surface area (Å²) < 4.78 is 22.6. The van der Waals surface area contributed by atoms with Gasteiger partial charge in [-0.3, -0.25) is 33.7 Å². The van der Waals surface area contributed by atoms with Crippen molar-refractivity contribution in [3.05, 3.63) is 65.0 Å². The van der Waals surface area contributed by atoms with Gasteiger partial charge in [-0.2, -0.15) is 0 Å². The number of nitrogens with one attached hydrogen (secondary N) is 1. The molecule has 10 aliphatic rings. The van der Waals surface area contributed by atoms with Crippen LogP contribution < -0.4 is 5.32 Å². The van der Waals surface area contributed by atoms with Crippen LogP contribution in [0.5, 0.6) is 0 Å². The Hall–Kier alpha value is -3.65. The minimum absolute atomic E-state index is 0.0636. The molecule has 10 atom stereocenters. The van der Waals surface area contributed by atoms with Gasteiger partial charge >= 0.3 is 11.9 Å². The number of aliphatic carboxylic acids is 1. The number of halogens is 1. The number of hydrogen-bond donors (Lipinski definition) is 3. The van der Waals surface area contributed by atoms with Crippen molar-refractivity contribution in [3.63, 3.8) is 0 Å². The number of carboxylic acid groups (broad SMARTS) is 1. The zero-order valence-corrected chi connectivity index (χ0v) is 33.7. The number of amides is 4. The van der Waals surface area contributed by atoms with Crippen LogP contribution in [0, 0.1) is 5.82 Å². The van der Waals surface area contributed by atoms with Crippen molar-refractivity contribution in [2.45, 2.75) is 101 Å². The van der Waals surface area contributed by atoms with Crippen LogP contribution in [0.2, 0.25) is 0 Å². The van der Waals surface area contributed by atoms with Gasteiger partial charge < -0.3 is 35.0 Å². The number of ether oxygens (including phenoxy) is 1. The normalized spacial score (nSPS) is 40.7. The first-order valence-corrected chi connectivity index (χ1v) is 22.7. The first kappa shape index (κ1) is 36.7. The molecule has 56 heavy (non-hydrogen) atoms. The smallest absolute Gasteiger partial charge is 0.306 e. The number of para-hydroxylation sites is 1. The van der Waals surface area contributed by atoms with Gasteiger partial charge in [0.05, 0.1) is 29.7 Å². The third-order valence-electron chi connectivity index (χ3n) is 13.9. The Kier molecular flexibility index (Phi) is 7.40. The molecule has 1 aliphatic carbocycles. The van der Waals surface area contributed by atoms with Gasteiger partial charge in [-0.15, -0.1) is 0 Å². The number of esters is 1. The Bertz CT molecular complexity index is 2260. The van der Waals surface area contributed by atoms with Crippen LogP contribution in [-0.2, 0) is 50.8 Å². The lowest BCUT2D eigenvalue weighted by Crippen LogP contribution is -2.78. The van der Waals surface area contributed by atoms with E-state index in [2.05, 4.69) is 5.32 Å². The number of carbonyl (C=O) groups excluding carboxylic acids is 5. The standard InChI is InChI=1S/C37H36FN5O9S4/c1-5-32-28(48)42-22-15-17-11-12-18(38)16-20(17)34(22,25(47)36(42,55-53-32)30(50)40(32)3)35-19-9-7-8-10-21(19)39-27(35)43-29(49)33(6-2)41(4)31(51)37(43,56-54-33)26(35)52-24(46)14-13-23(44)45/h7-12,16,22,25-27,39,47H,5-6,13-15H2,1-4H3,(H,44,45)/t22-,25-,26-,27+,32-,33-,34-,35+,36-,37-/m0/s1. The van der Waals surface area contributed by atoms with E-state index < -0.39 is 109 Å². The topological polar surface area (TPSA) is 177 Å². The highest BCUT2D eigenvalue weighted by Gasteiger charge is 2.93. The molecule has 0 radical (unpaired) electrons. The minimum Gasteiger partial charge on any atom is -0.481 e. The summed E-state index contributed by atoms with van der Waals surface area (Å²) in [6.07, 6.45) is -5.41. The first-order chi connectivity index (χ1) is 26.6. The van der Waals surface area contributed by atoms with Gasteiger partial charge in [-0.1, -0.05) is 59.7 Å². The Morgan fingerprint density at radius 2 is 1.46 bits per heavy atom. The maximum absolute atomic E-state index is 16.0. The molecule has 0 saturated carbocycles. The summed E-state index contributed by atoms with van der Waals surface area (Å²) in [7, 11) is 7.56. The number of rotatable bonds is 7. The quantitative estimate of drug-likeness (QED) is 0.274. The molecule has 8 fully saturated rings. The summed E-state index contributed by atoms with van der Waals surface area (Å²) in [4.78, 5) is 85.7. The Labute approximate surface area is 335 Å². The van der Waals surface area contributed by atoms with E-state index in [-0.39, 0.29) is 24.8 Å². The Morgan fingerprint density at radius 1 is 0.839 bits per heavy atom. The van der Waals surface area contributed by atoms with E-state index in [1.807, 2.05) is 0 Å². The van der Waals surface area contributed by atoms with Crippen LogP contribution >= 0.6 is 43.2 Å². The van der Waals surface area contributed by atoms with Crippen molar-refractivity contribution in [2.75, 3.05) is 19.4 Å². The summed E-state index contributed by atoms with van der Waals surface area (Å²) in [6, 6.07) is 10.1. The van der Waals surface area contributed by atoms with Crippen LogP contribution in [0.1, 0.15) is 56.2 Å². The molecule has 2 spiro atoms. The molecule has 12 rings (SSSR count). The lowest BCUT2D eigenvalue weighted by molar-refractivity contribution is -0.174. The molecule has 9 aliphatic heterocycles. The molecule has 4 amide bonds. The van der Waals surface area contributed by atoms with E-state index in [0.29, 0.717) is 16.8 Å². The second-order valence-electron chi connectivity index (χ2n) is 15.6. The molecule has 3 N–H and O–H groups in total. The van der Waals surface area contributed by atoms with Gasteiger partial charge in [0.2, 0.25) is 9.74 Å². The van der Waals surface area contributed by atoms with Gasteiger partial charge in [0.1, 0.15) is 18.1 Å². The number of carboxylic acids is 1. The number of nitrogens with zero attached hydrogens (tertiary/aromatic N) is 4. The second-order valence-corrected chi connectivity index (χ2v) is 20.9. The fraction of sp³-hybridized carbons (Fsp3) is 0.514. The van der Waals surface area contributed by atoms with Gasteiger partial charge in [0, 0.05) is 19.8 Å². The number of carbonyl (C=O) groups is 6. The zero-order chi connectivity index (χ0) is 39.7. The maximum Gasteiger partial charge on any atom is 0.306 e. The number of aliphatic hydroxyl groups excluding tert-OH is 1. The van der Waals surface area contributed by atoms with E-state index in [0.717, 1.165) is 21.6 Å². The van der Waals surface area contributed by atoms with Crippen molar-refractivity contribution in [1.29, 1.82) is 0 Å². The van der Waals surface area contributed by atoms with Crippen LogP contribution in [-0.4, -0.2) is 123 Å². The van der Waals surface area contributed by atoms with Crippen LogP contribution in [0.25, 0.3) is 0 Å². The van der Waals surface area contributed by atoms with Gasteiger partial charge in [0.25, 0.3) is 23.6 Å². The Balaban J connectivity index is 1.35. The molecule has 0 unspecified atom stereocenters. The number of anilines is 1. The molecule has 14 nitrogen and oxygen atoms in total. The van der Waals surface area contributed by atoms with Gasteiger partial charge in [0.15, 0.2) is 15.8 Å². The molecule has 2 aromatic carbocycles. The summed E-state index contributed by atoms with van der Waals surface area (Å²) in [5, 5.41) is 26.8. The summed E-state index contributed by atoms with van der Waals surface area (Å²) in [6.45, 7) is 3.60. The molecule has 8 saturated heterocycles. The van der Waals surface area contributed by atoms with Gasteiger partial charge in [-0.05, 0) is 75.7 Å². The second kappa shape index (κ2) is 11.3. The van der Waals surface area contributed by atoms with Crippen molar-refractivity contribution in [1.82, 2.24) is 19.6 Å². The summed E-state index contributed by atoms with van der Waals surface area (Å²) >= 11 is 0. The van der Waals surface area contributed by atoms with E-state index in [9.17, 15) is 19.8 Å². The van der Waals surface area contributed by atoms with E-state index in [1.54, 1.807) is 44.2 Å². The lowest BCUT2D eigenvalue weighted by atomic mass is 9.51. The van der Waals surface area contributed by atoms with E-state index in [4.69, 9.17) is 4.74 Å². The molecular formula is C37H36FN5O9S4. The van der Waals surface area contributed by atoms with Gasteiger partial charge in [-0.25, -0.2) is 4.39 Å². The van der Waals surface area contributed by atoms with Crippen molar-refractivity contribution >= 4 is 84.4 Å². The molecule has 0 aromatic heterocycles. The SMILES string of the molecule is CC[C@@]12SS[C@]3(C(=O)N1C)[C@@H](O)[C@]1([C@@]45c6ccccc6N[C@@H]4N4C(=O)[C@]6(CC)SS[C@]4(C(=O)N6C)[C@H]5OC(=O)CCC(=O)O)c4cc(F)ccc4C[C@@H]1N3C2=O. The molecule has 9 heterocycles. The number of benzene rings is 2. The summed E-state index contributed by atoms with van der Waals surface area (Å²) in [5.74, 6) is -4.85. The molecule has 19 heteroatoms.